The maximum atomic E-state index is 11.4. The van der Waals surface area contributed by atoms with Crippen LogP contribution >= 0.6 is 23.6 Å². The SMILES string of the molecule is C[C@@]1(NC(=S)Nc2nccs2)CCS(=O)(=O)C1. The summed E-state index contributed by atoms with van der Waals surface area (Å²) in [6.07, 6.45) is 2.26. The van der Waals surface area contributed by atoms with Crippen LogP contribution in [0.25, 0.3) is 0 Å². The first kappa shape index (κ1) is 12.7. The van der Waals surface area contributed by atoms with Crippen LogP contribution in [0.1, 0.15) is 13.3 Å². The van der Waals surface area contributed by atoms with E-state index in [0.717, 1.165) is 0 Å². The predicted molar refractivity (Wildman–Crippen MR) is 73.1 cm³/mol. The van der Waals surface area contributed by atoms with Gasteiger partial charge in [-0.3, -0.25) is 0 Å². The Balaban J connectivity index is 1.95. The Morgan fingerprint density at radius 3 is 2.94 bits per heavy atom. The van der Waals surface area contributed by atoms with Gasteiger partial charge < -0.3 is 10.6 Å². The van der Waals surface area contributed by atoms with E-state index in [0.29, 0.717) is 16.7 Å². The van der Waals surface area contributed by atoms with Gasteiger partial charge in [0.25, 0.3) is 0 Å². The molecule has 2 heterocycles. The van der Waals surface area contributed by atoms with Crippen molar-refractivity contribution in [3.8, 4) is 0 Å². The molecule has 0 spiro atoms. The van der Waals surface area contributed by atoms with Gasteiger partial charge in [0.15, 0.2) is 20.1 Å². The zero-order valence-electron chi connectivity index (χ0n) is 9.26. The maximum absolute atomic E-state index is 11.4. The van der Waals surface area contributed by atoms with E-state index in [-0.39, 0.29) is 11.5 Å². The van der Waals surface area contributed by atoms with Gasteiger partial charge in [0.2, 0.25) is 0 Å². The van der Waals surface area contributed by atoms with Gasteiger partial charge in [-0.25, -0.2) is 13.4 Å². The molecule has 2 N–H and O–H groups in total. The molecular formula is C9H13N3O2S3. The fourth-order valence-corrected chi connectivity index (χ4v) is 4.83. The summed E-state index contributed by atoms with van der Waals surface area (Å²) in [4.78, 5) is 4.04. The van der Waals surface area contributed by atoms with E-state index >= 15 is 0 Å². The number of nitrogens with zero attached hydrogens (tertiary/aromatic N) is 1. The van der Waals surface area contributed by atoms with Crippen molar-refractivity contribution in [2.24, 2.45) is 0 Å². The van der Waals surface area contributed by atoms with Gasteiger partial charge >= 0.3 is 0 Å². The lowest BCUT2D eigenvalue weighted by Gasteiger charge is -2.25. The van der Waals surface area contributed by atoms with Crippen molar-refractivity contribution in [1.82, 2.24) is 10.3 Å². The molecule has 1 saturated heterocycles. The number of nitrogens with one attached hydrogen (secondary N) is 2. The second kappa shape index (κ2) is 4.51. The number of rotatable bonds is 2. The van der Waals surface area contributed by atoms with Crippen molar-refractivity contribution in [3.63, 3.8) is 0 Å². The third-order valence-electron chi connectivity index (χ3n) is 2.57. The highest BCUT2D eigenvalue weighted by atomic mass is 32.2. The Hall–Kier alpha value is -0.730. The van der Waals surface area contributed by atoms with Crippen LogP contribution in [0.5, 0.6) is 0 Å². The smallest absolute Gasteiger partial charge is 0.188 e. The second-order valence-corrected chi connectivity index (χ2v) is 7.81. The third kappa shape index (κ3) is 3.36. The van der Waals surface area contributed by atoms with E-state index in [1.165, 1.54) is 11.3 Å². The minimum atomic E-state index is -2.92. The van der Waals surface area contributed by atoms with Crippen LogP contribution in [0.15, 0.2) is 11.6 Å². The summed E-state index contributed by atoms with van der Waals surface area (Å²) >= 11 is 6.57. The summed E-state index contributed by atoms with van der Waals surface area (Å²) < 4.78 is 22.9. The molecule has 5 nitrogen and oxygen atoms in total. The van der Waals surface area contributed by atoms with Crippen LogP contribution in [-0.2, 0) is 9.84 Å². The van der Waals surface area contributed by atoms with Gasteiger partial charge in [0.05, 0.1) is 17.0 Å². The van der Waals surface area contributed by atoms with Crippen molar-refractivity contribution in [3.05, 3.63) is 11.6 Å². The van der Waals surface area contributed by atoms with Gasteiger partial charge in [-0.2, -0.15) is 0 Å². The molecule has 0 radical (unpaired) electrons. The van der Waals surface area contributed by atoms with E-state index in [1.807, 2.05) is 12.3 Å². The average Bonchev–Trinajstić information content (AvgIpc) is 2.74. The van der Waals surface area contributed by atoms with Gasteiger partial charge in [0, 0.05) is 11.6 Å². The standard InChI is InChI=1S/C9H13N3O2S3/c1-9(2-5-17(13,14)6-9)12-7(15)11-8-10-3-4-16-8/h3-4H,2,5-6H2,1H3,(H2,10,11,12,15)/t9-/m1/s1. The van der Waals surface area contributed by atoms with E-state index < -0.39 is 15.4 Å². The van der Waals surface area contributed by atoms with E-state index in [2.05, 4.69) is 15.6 Å². The Morgan fingerprint density at radius 1 is 1.65 bits per heavy atom. The Labute approximate surface area is 110 Å². The van der Waals surface area contributed by atoms with E-state index in [9.17, 15) is 8.42 Å². The monoisotopic (exact) mass is 291 g/mol. The molecule has 1 aromatic heterocycles. The predicted octanol–water partition coefficient (Wildman–Crippen LogP) is 1.01. The molecule has 1 aliphatic rings. The summed E-state index contributed by atoms with van der Waals surface area (Å²) in [5.41, 5.74) is -0.472. The molecule has 0 amide bonds. The van der Waals surface area contributed by atoms with Gasteiger partial charge in [-0.05, 0) is 25.6 Å². The minimum absolute atomic E-state index is 0.125. The van der Waals surface area contributed by atoms with Gasteiger partial charge in [-0.15, -0.1) is 11.3 Å². The van der Waals surface area contributed by atoms with Crippen LogP contribution in [0.3, 0.4) is 0 Å². The highest BCUT2D eigenvalue weighted by molar-refractivity contribution is 7.91. The van der Waals surface area contributed by atoms with Crippen molar-refractivity contribution < 1.29 is 8.42 Å². The zero-order chi connectivity index (χ0) is 12.5. The van der Waals surface area contributed by atoms with Crippen LogP contribution in [0, 0.1) is 0 Å². The number of anilines is 1. The number of sulfone groups is 1. The van der Waals surface area contributed by atoms with Crippen molar-refractivity contribution >= 4 is 43.6 Å². The number of thiocarbonyl (C=S) groups is 1. The molecule has 1 aromatic rings. The molecular weight excluding hydrogens is 278 g/mol. The van der Waals surface area contributed by atoms with Crippen molar-refractivity contribution in [2.45, 2.75) is 18.9 Å². The highest BCUT2D eigenvalue weighted by Gasteiger charge is 2.38. The fourth-order valence-electron chi connectivity index (χ4n) is 1.80. The van der Waals surface area contributed by atoms with Crippen molar-refractivity contribution in [1.29, 1.82) is 0 Å². The lowest BCUT2D eigenvalue weighted by atomic mass is 10.0. The van der Waals surface area contributed by atoms with Crippen LogP contribution in [0.2, 0.25) is 0 Å². The summed E-state index contributed by atoms with van der Waals surface area (Å²) in [6, 6.07) is 0. The number of hydrogen-bond acceptors (Lipinski definition) is 5. The van der Waals surface area contributed by atoms with Gasteiger partial charge in [-0.1, -0.05) is 0 Å². The molecule has 1 atom stereocenters. The first-order valence-corrected chi connectivity index (χ1v) is 8.19. The van der Waals surface area contributed by atoms with Crippen LogP contribution in [0.4, 0.5) is 5.13 Å². The largest absolute Gasteiger partial charge is 0.356 e. The molecule has 8 heteroatoms. The summed E-state index contributed by atoms with van der Waals surface area (Å²) in [7, 11) is -2.92. The lowest BCUT2D eigenvalue weighted by molar-refractivity contribution is 0.474. The van der Waals surface area contributed by atoms with Crippen LogP contribution < -0.4 is 10.6 Å². The lowest BCUT2D eigenvalue weighted by Crippen LogP contribution is -2.48. The van der Waals surface area contributed by atoms with E-state index in [1.54, 1.807) is 6.20 Å². The summed E-state index contributed by atoms with van der Waals surface area (Å²) in [6.45, 7) is 1.87. The summed E-state index contributed by atoms with van der Waals surface area (Å²) in [5.74, 6) is 0.343. The topological polar surface area (TPSA) is 71.1 Å². The van der Waals surface area contributed by atoms with Crippen LogP contribution in [-0.4, -0.2) is 35.6 Å². The maximum Gasteiger partial charge on any atom is 0.188 e. The van der Waals surface area contributed by atoms with E-state index in [4.69, 9.17) is 12.2 Å². The Morgan fingerprint density at radius 2 is 2.41 bits per heavy atom. The number of aromatic nitrogens is 1. The molecule has 1 fully saturated rings. The molecule has 0 bridgehead atoms. The average molecular weight is 291 g/mol. The summed E-state index contributed by atoms with van der Waals surface area (Å²) in [5, 5.41) is 8.95. The molecule has 17 heavy (non-hydrogen) atoms. The quantitative estimate of drug-likeness (QED) is 0.792. The molecule has 2 rings (SSSR count). The number of hydrogen-bond donors (Lipinski definition) is 2. The Bertz CT molecular complexity index is 512. The Kier molecular flexibility index (Phi) is 3.37. The minimum Gasteiger partial charge on any atom is -0.356 e. The molecule has 0 unspecified atom stereocenters. The zero-order valence-corrected chi connectivity index (χ0v) is 11.7. The third-order valence-corrected chi connectivity index (χ3v) is 5.37. The molecule has 1 aliphatic heterocycles. The first-order valence-electron chi connectivity index (χ1n) is 5.08. The second-order valence-electron chi connectivity index (χ2n) is 4.32. The first-order chi connectivity index (χ1) is 7.89. The van der Waals surface area contributed by atoms with Gasteiger partial charge in [0.1, 0.15) is 0 Å². The number of thiazole rings is 1. The molecule has 0 aliphatic carbocycles. The molecule has 0 saturated carbocycles. The molecule has 0 aromatic carbocycles. The van der Waals surface area contributed by atoms with Crippen molar-refractivity contribution in [2.75, 3.05) is 16.8 Å². The molecule has 94 valence electrons. The normalized spacial score (nSPS) is 26.6. The highest BCUT2D eigenvalue weighted by Crippen LogP contribution is 2.23. The fraction of sp³-hybridized carbons (Fsp3) is 0.556.